The molecule has 1 amide bonds. The maximum absolute atomic E-state index is 12.3. The second-order valence-electron chi connectivity index (χ2n) is 4.82. The van der Waals surface area contributed by atoms with Gasteiger partial charge in [0.25, 0.3) is 0 Å². The van der Waals surface area contributed by atoms with Crippen LogP contribution in [-0.2, 0) is 0 Å². The molecule has 0 spiro atoms. The third-order valence-electron chi connectivity index (χ3n) is 3.50. The van der Waals surface area contributed by atoms with Gasteiger partial charge >= 0.3 is 6.09 Å². The Morgan fingerprint density at radius 3 is 2.80 bits per heavy atom. The summed E-state index contributed by atoms with van der Waals surface area (Å²) >= 11 is 0. The number of nitrogens with zero attached hydrogens (tertiary/aromatic N) is 2. The standard InChI is InChI=1S/C16H16N2O2/c19-16(20-14-7-2-1-3-8-14)18-11-5-9-15(18)13-6-4-10-17-12-13/h1-4,6-8,10,12,15H,5,9,11H2. The Bertz CT molecular complexity index is 572. The summed E-state index contributed by atoms with van der Waals surface area (Å²) < 4.78 is 5.42. The molecule has 1 fully saturated rings. The van der Waals surface area contributed by atoms with Crippen LogP contribution < -0.4 is 4.74 Å². The SMILES string of the molecule is O=C(Oc1ccccc1)N1CCCC1c1cccnc1. The molecule has 0 radical (unpaired) electrons. The molecule has 20 heavy (non-hydrogen) atoms. The van der Waals surface area contributed by atoms with E-state index in [9.17, 15) is 4.79 Å². The number of rotatable bonds is 2. The number of carbonyl (C=O) groups excluding carboxylic acids is 1. The van der Waals surface area contributed by atoms with Crippen LogP contribution in [0.5, 0.6) is 5.75 Å². The summed E-state index contributed by atoms with van der Waals surface area (Å²) in [5.41, 5.74) is 1.06. The number of likely N-dealkylation sites (tertiary alicyclic amines) is 1. The summed E-state index contributed by atoms with van der Waals surface area (Å²) in [5, 5.41) is 0. The summed E-state index contributed by atoms with van der Waals surface area (Å²) in [5.74, 6) is 0.578. The predicted molar refractivity (Wildman–Crippen MR) is 75.4 cm³/mol. The first kappa shape index (κ1) is 12.7. The van der Waals surface area contributed by atoms with Crippen molar-refractivity contribution in [3.05, 3.63) is 60.4 Å². The minimum absolute atomic E-state index is 0.0694. The van der Waals surface area contributed by atoms with Crippen molar-refractivity contribution >= 4 is 6.09 Å². The van der Waals surface area contributed by atoms with E-state index < -0.39 is 0 Å². The number of pyridine rings is 1. The Kier molecular flexibility index (Phi) is 3.63. The number of ether oxygens (including phenoxy) is 1. The highest BCUT2D eigenvalue weighted by atomic mass is 16.6. The van der Waals surface area contributed by atoms with Crippen molar-refractivity contribution in [2.24, 2.45) is 0 Å². The molecular weight excluding hydrogens is 252 g/mol. The van der Waals surface area contributed by atoms with E-state index in [1.807, 2.05) is 36.5 Å². The molecule has 0 aliphatic carbocycles. The Morgan fingerprint density at radius 2 is 2.05 bits per heavy atom. The number of para-hydroxylation sites is 1. The molecule has 102 valence electrons. The molecule has 0 saturated carbocycles. The number of benzene rings is 1. The van der Waals surface area contributed by atoms with Gasteiger partial charge in [-0.25, -0.2) is 4.79 Å². The minimum Gasteiger partial charge on any atom is -0.410 e. The van der Waals surface area contributed by atoms with E-state index in [0.29, 0.717) is 5.75 Å². The van der Waals surface area contributed by atoms with Gasteiger partial charge in [0.15, 0.2) is 0 Å². The molecule has 4 heteroatoms. The van der Waals surface area contributed by atoms with Crippen molar-refractivity contribution < 1.29 is 9.53 Å². The molecule has 1 saturated heterocycles. The molecule has 1 aromatic carbocycles. The van der Waals surface area contributed by atoms with Crippen LogP contribution in [0, 0.1) is 0 Å². The van der Waals surface area contributed by atoms with Gasteiger partial charge in [-0.1, -0.05) is 24.3 Å². The van der Waals surface area contributed by atoms with Gasteiger partial charge in [0.05, 0.1) is 6.04 Å². The third kappa shape index (κ3) is 2.64. The molecule has 0 bridgehead atoms. The highest BCUT2D eigenvalue weighted by Crippen LogP contribution is 2.32. The Balaban J connectivity index is 1.74. The Labute approximate surface area is 118 Å². The quantitative estimate of drug-likeness (QED) is 0.838. The average molecular weight is 268 g/mol. The van der Waals surface area contributed by atoms with E-state index in [1.54, 1.807) is 23.2 Å². The van der Waals surface area contributed by atoms with Gasteiger partial charge in [-0.2, -0.15) is 0 Å². The van der Waals surface area contributed by atoms with Gasteiger partial charge < -0.3 is 9.64 Å². The van der Waals surface area contributed by atoms with Gasteiger partial charge in [0.1, 0.15) is 5.75 Å². The number of aromatic nitrogens is 1. The topological polar surface area (TPSA) is 42.4 Å². The van der Waals surface area contributed by atoms with E-state index in [0.717, 1.165) is 24.9 Å². The van der Waals surface area contributed by atoms with Crippen molar-refractivity contribution in [1.29, 1.82) is 0 Å². The lowest BCUT2D eigenvalue weighted by Gasteiger charge is -2.23. The van der Waals surface area contributed by atoms with Crippen molar-refractivity contribution in [1.82, 2.24) is 9.88 Å². The maximum atomic E-state index is 12.3. The zero-order valence-corrected chi connectivity index (χ0v) is 11.1. The van der Waals surface area contributed by atoms with E-state index in [4.69, 9.17) is 4.74 Å². The fourth-order valence-corrected chi connectivity index (χ4v) is 2.55. The molecule has 1 aliphatic heterocycles. The highest BCUT2D eigenvalue weighted by Gasteiger charge is 2.31. The summed E-state index contributed by atoms with van der Waals surface area (Å²) in [7, 11) is 0. The normalized spacial score (nSPS) is 18.0. The van der Waals surface area contributed by atoms with Crippen LogP contribution in [0.3, 0.4) is 0 Å². The Morgan fingerprint density at radius 1 is 1.20 bits per heavy atom. The number of hydrogen-bond donors (Lipinski definition) is 0. The minimum atomic E-state index is -0.289. The van der Waals surface area contributed by atoms with Gasteiger partial charge in [0, 0.05) is 18.9 Å². The first-order valence-corrected chi connectivity index (χ1v) is 6.78. The molecular formula is C16H16N2O2. The first-order valence-electron chi connectivity index (χ1n) is 6.78. The second-order valence-corrected chi connectivity index (χ2v) is 4.82. The smallest absolute Gasteiger partial charge is 0.410 e. The van der Waals surface area contributed by atoms with Crippen LogP contribution in [0.2, 0.25) is 0 Å². The lowest BCUT2D eigenvalue weighted by Crippen LogP contribution is -2.33. The number of amides is 1. The zero-order chi connectivity index (χ0) is 13.8. The number of hydrogen-bond acceptors (Lipinski definition) is 3. The molecule has 3 rings (SSSR count). The monoisotopic (exact) mass is 268 g/mol. The van der Waals surface area contributed by atoms with E-state index in [-0.39, 0.29) is 12.1 Å². The summed E-state index contributed by atoms with van der Waals surface area (Å²) in [4.78, 5) is 18.2. The molecule has 2 heterocycles. The lowest BCUT2D eigenvalue weighted by molar-refractivity contribution is 0.147. The first-order chi connectivity index (χ1) is 9.84. The van der Waals surface area contributed by atoms with Crippen molar-refractivity contribution in [2.75, 3.05) is 6.54 Å². The fourth-order valence-electron chi connectivity index (χ4n) is 2.55. The van der Waals surface area contributed by atoms with Crippen molar-refractivity contribution in [3.63, 3.8) is 0 Å². The van der Waals surface area contributed by atoms with Gasteiger partial charge in [-0.05, 0) is 36.6 Å². The number of carbonyl (C=O) groups is 1. The van der Waals surface area contributed by atoms with Crippen LogP contribution >= 0.6 is 0 Å². The summed E-state index contributed by atoms with van der Waals surface area (Å²) in [6.07, 6.45) is 5.21. The van der Waals surface area contributed by atoms with Crippen molar-refractivity contribution in [3.8, 4) is 5.75 Å². The van der Waals surface area contributed by atoms with Gasteiger partial charge in [-0.3, -0.25) is 4.98 Å². The zero-order valence-electron chi connectivity index (χ0n) is 11.1. The molecule has 1 aliphatic rings. The molecule has 1 atom stereocenters. The molecule has 2 aromatic rings. The van der Waals surface area contributed by atoms with E-state index in [1.165, 1.54) is 0 Å². The van der Waals surface area contributed by atoms with Crippen LogP contribution in [0.15, 0.2) is 54.9 Å². The maximum Gasteiger partial charge on any atom is 0.415 e. The average Bonchev–Trinajstić information content (AvgIpc) is 2.99. The van der Waals surface area contributed by atoms with Crippen LogP contribution in [0.4, 0.5) is 4.79 Å². The van der Waals surface area contributed by atoms with Crippen LogP contribution in [0.25, 0.3) is 0 Å². The molecule has 4 nitrogen and oxygen atoms in total. The van der Waals surface area contributed by atoms with E-state index in [2.05, 4.69) is 4.98 Å². The predicted octanol–water partition coefficient (Wildman–Crippen LogP) is 3.42. The highest BCUT2D eigenvalue weighted by molar-refractivity contribution is 5.71. The third-order valence-corrected chi connectivity index (χ3v) is 3.50. The molecule has 1 aromatic heterocycles. The van der Waals surface area contributed by atoms with Crippen LogP contribution in [0.1, 0.15) is 24.4 Å². The molecule has 1 unspecified atom stereocenters. The van der Waals surface area contributed by atoms with E-state index >= 15 is 0 Å². The summed E-state index contributed by atoms with van der Waals surface area (Å²) in [6, 6.07) is 13.1. The van der Waals surface area contributed by atoms with Crippen molar-refractivity contribution in [2.45, 2.75) is 18.9 Å². The van der Waals surface area contributed by atoms with Gasteiger partial charge in [-0.15, -0.1) is 0 Å². The largest absolute Gasteiger partial charge is 0.415 e. The lowest BCUT2D eigenvalue weighted by atomic mass is 10.1. The second kappa shape index (κ2) is 5.74. The molecule has 0 N–H and O–H groups in total. The van der Waals surface area contributed by atoms with Crippen LogP contribution in [-0.4, -0.2) is 22.5 Å². The fraction of sp³-hybridized carbons (Fsp3) is 0.250. The van der Waals surface area contributed by atoms with Gasteiger partial charge in [0.2, 0.25) is 0 Å². The summed E-state index contributed by atoms with van der Waals surface area (Å²) in [6.45, 7) is 0.727. The Hall–Kier alpha value is -2.36.